The lowest BCUT2D eigenvalue weighted by Gasteiger charge is -2.41. The van der Waals surface area contributed by atoms with Crippen LogP contribution in [0.2, 0.25) is 0 Å². The summed E-state index contributed by atoms with van der Waals surface area (Å²) in [7, 11) is 1.43. The van der Waals surface area contributed by atoms with Gasteiger partial charge >= 0.3 is 5.97 Å². The van der Waals surface area contributed by atoms with Crippen LogP contribution in [0.15, 0.2) is 16.6 Å². The molecule has 21 heavy (non-hydrogen) atoms. The topological polar surface area (TPSA) is 41.6 Å². The molecule has 0 spiro atoms. The summed E-state index contributed by atoms with van der Waals surface area (Å²) in [4.78, 5) is 14.3. The van der Waals surface area contributed by atoms with E-state index in [4.69, 9.17) is 4.74 Å². The molecule has 1 fully saturated rings. The van der Waals surface area contributed by atoms with E-state index >= 15 is 0 Å². The standard InChI is InChI=1S/C16H21BrN2O2/c1-9(2)19-8-11-6-18-7-13(11)12-4-10(16(20)21-3)5-14(17)15(12)19/h4-5,9,11,13,18H,6-8H2,1-3H3. The zero-order valence-electron chi connectivity index (χ0n) is 12.6. The number of ether oxygens (including phenoxy) is 1. The number of halogens is 1. The van der Waals surface area contributed by atoms with Crippen LogP contribution >= 0.6 is 15.9 Å². The molecule has 1 aromatic rings. The Morgan fingerprint density at radius 2 is 2.19 bits per heavy atom. The molecular formula is C16H21BrN2O2. The first kappa shape index (κ1) is 14.9. The minimum absolute atomic E-state index is 0.275. The summed E-state index contributed by atoms with van der Waals surface area (Å²) in [5.41, 5.74) is 3.13. The number of methoxy groups -OCH3 is 1. The number of fused-ring (bicyclic) bond motifs is 3. The lowest BCUT2D eigenvalue weighted by molar-refractivity contribution is 0.0600. The molecule has 3 rings (SSSR count). The smallest absolute Gasteiger partial charge is 0.337 e. The van der Waals surface area contributed by atoms with Gasteiger partial charge in [-0.1, -0.05) is 0 Å². The molecule has 0 aromatic heterocycles. The Balaban J connectivity index is 2.14. The van der Waals surface area contributed by atoms with E-state index in [1.807, 2.05) is 12.1 Å². The monoisotopic (exact) mass is 352 g/mol. The maximum atomic E-state index is 11.9. The van der Waals surface area contributed by atoms with Crippen molar-refractivity contribution in [1.29, 1.82) is 0 Å². The van der Waals surface area contributed by atoms with E-state index in [-0.39, 0.29) is 5.97 Å². The van der Waals surface area contributed by atoms with Gasteiger partial charge < -0.3 is 15.0 Å². The van der Waals surface area contributed by atoms with Crippen LogP contribution in [0.5, 0.6) is 0 Å². The van der Waals surface area contributed by atoms with E-state index in [1.54, 1.807) is 0 Å². The number of benzene rings is 1. The number of carbonyl (C=O) groups is 1. The largest absolute Gasteiger partial charge is 0.465 e. The van der Waals surface area contributed by atoms with Crippen molar-refractivity contribution >= 4 is 27.6 Å². The quantitative estimate of drug-likeness (QED) is 0.831. The van der Waals surface area contributed by atoms with Crippen LogP contribution in [-0.4, -0.2) is 38.8 Å². The first-order chi connectivity index (χ1) is 10.0. The van der Waals surface area contributed by atoms with E-state index in [0.717, 1.165) is 24.1 Å². The second-order valence-corrected chi connectivity index (χ2v) is 7.01. The Hall–Kier alpha value is -1.07. The Morgan fingerprint density at radius 3 is 2.86 bits per heavy atom. The van der Waals surface area contributed by atoms with Crippen molar-refractivity contribution in [3.63, 3.8) is 0 Å². The van der Waals surface area contributed by atoms with Gasteiger partial charge in [-0.25, -0.2) is 4.79 Å². The van der Waals surface area contributed by atoms with Crippen molar-refractivity contribution in [2.75, 3.05) is 31.6 Å². The summed E-state index contributed by atoms with van der Waals surface area (Å²) in [6.07, 6.45) is 0. The van der Waals surface area contributed by atoms with E-state index in [2.05, 4.69) is 40.0 Å². The molecule has 0 amide bonds. The minimum atomic E-state index is -0.275. The maximum Gasteiger partial charge on any atom is 0.337 e. The van der Waals surface area contributed by atoms with Gasteiger partial charge in [-0.15, -0.1) is 0 Å². The van der Waals surface area contributed by atoms with E-state index < -0.39 is 0 Å². The average Bonchev–Trinajstić information content (AvgIpc) is 2.93. The van der Waals surface area contributed by atoms with Gasteiger partial charge in [0.25, 0.3) is 0 Å². The van der Waals surface area contributed by atoms with Gasteiger partial charge in [-0.3, -0.25) is 0 Å². The molecular weight excluding hydrogens is 332 g/mol. The maximum absolute atomic E-state index is 11.9. The van der Waals surface area contributed by atoms with Crippen molar-refractivity contribution in [3.8, 4) is 0 Å². The zero-order valence-corrected chi connectivity index (χ0v) is 14.2. The number of hydrogen-bond acceptors (Lipinski definition) is 4. The van der Waals surface area contributed by atoms with Crippen LogP contribution in [0, 0.1) is 5.92 Å². The predicted molar refractivity (Wildman–Crippen MR) is 87.1 cm³/mol. The summed E-state index contributed by atoms with van der Waals surface area (Å²) in [6.45, 7) is 7.53. The highest BCUT2D eigenvalue weighted by molar-refractivity contribution is 9.10. The van der Waals surface area contributed by atoms with Crippen molar-refractivity contribution in [1.82, 2.24) is 5.32 Å². The van der Waals surface area contributed by atoms with Crippen LogP contribution in [0.4, 0.5) is 5.69 Å². The van der Waals surface area contributed by atoms with Crippen molar-refractivity contribution in [2.45, 2.75) is 25.8 Å². The fourth-order valence-corrected chi connectivity index (χ4v) is 4.25. The van der Waals surface area contributed by atoms with Gasteiger partial charge in [-0.05, 0) is 53.4 Å². The average molecular weight is 353 g/mol. The normalized spacial score (nSPS) is 24.0. The number of carbonyl (C=O) groups excluding carboxylic acids is 1. The van der Waals surface area contributed by atoms with Crippen LogP contribution < -0.4 is 10.2 Å². The Labute approximate surface area is 134 Å². The highest BCUT2D eigenvalue weighted by atomic mass is 79.9. The van der Waals surface area contributed by atoms with Crippen LogP contribution in [0.25, 0.3) is 0 Å². The van der Waals surface area contributed by atoms with Crippen molar-refractivity contribution in [2.24, 2.45) is 5.92 Å². The van der Waals surface area contributed by atoms with Gasteiger partial charge in [0.2, 0.25) is 0 Å². The molecule has 2 heterocycles. The summed E-state index contributed by atoms with van der Waals surface area (Å²) in [5, 5.41) is 3.49. The molecule has 2 aliphatic rings. The number of nitrogens with zero attached hydrogens (tertiary/aromatic N) is 1. The molecule has 2 atom stereocenters. The fourth-order valence-electron chi connectivity index (χ4n) is 3.54. The van der Waals surface area contributed by atoms with Crippen LogP contribution in [0.3, 0.4) is 0 Å². The van der Waals surface area contributed by atoms with Gasteiger partial charge in [0, 0.05) is 36.1 Å². The molecule has 1 aromatic carbocycles. The number of rotatable bonds is 2. The van der Waals surface area contributed by atoms with Crippen molar-refractivity contribution in [3.05, 3.63) is 27.7 Å². The second-order valence-electron chi connectivity index (χ2n) is 6.16. The fraction of sp³-hybridized carbons (Fsp3) is 0.562. The lowest BCUT2D eigenvalue weighted by Crippen LogP contribution is -2.42. The predicted octanol–water partition coefficient (Wildman–Crippen LogP) is 2.77. The highest BCUT2D eigenvalue weighted by Crippen LogP contribution is 2.45. The molecule has 0 saturated carbocycles. The van der Waals surface area contributed by atoms with Crippen LogP contribution in [0.1, 0.15) is 35.7 Å². The lowest BCUT2D eigenvalue weighted by atomic mass is 9.82. The summed E-state index contributed by atoms with van der Waals surface area (Å²) >= 11 is 3.67. The highest BCUT2D eigenvalue weighted by Gasteiger charge is 2.38. The van der Waals surface area contributed by atoms with E-state index in [0.29, 0.717) is 23.4 Å². The SMILES string of the molecule is COC(=O)c1cc(Br)c2c(c1)C1CNCC1CN2C(C)C. The molecule has 5 heteroatoms. The Bertz CT molecular complexity index is 574. The molecule has 0 aliphatic carbocycles. The first-order valence-corrected chi connectivity index (χ1v) is 8.21. The van der Waals surface area contributed by atoms with Gasteiger partial charge in [0.15, 0.2) is 0 Å². The molecule has 1 saturated heterocycles. The Morgan fingerprint density at radius 1 is 1.43 bits per heavy atom. The number of esters is 1. The molecule has 4 nitrogen and oxygen atoms in total. The third kappa shape index (κ3) is 2.46. The molecule has 0 bridgehead atoms. The molecule has 114 valence electrons. The minimum Gasteiger partial charge on any atom is -0.465 e. The van der Waals surface area contributed by atoms with E-state index in [1.165, 1.54) is 18.4 Å². The van der Waals surface area contributed by atoms with E-state index in [9.17, 15) is 4.79 Å². The van der Waals surface area contributed by atoms with Crippen molar-refractivity contribution < 1.29 is 9.53 Å². The molecule has 0 radical (unpaired) electrons. The van der Waals surface area contributed by atoms with Gasteiger partial charge in [-0.2, -0.15) is 0 Å². The number of nitrogens with one attached hydrogen (secondary N) is 1. The van der Waals surface area contributed by atoms with Gasteiger partial charge in [0.05, 0.1) is 18.4 Å². The summed E-state index contributed by atoms with van der Waals surface area (Å²) < 4.78 is 5.86. The number of hydrogen-bond donors (Lipinski definition) is 1. The summed E-state index contributed by atoms with van der Waals surface area (Å²) in [6, 6.07) is 4.33. The van der Waals surface area contributed by atoms with Crippen LogP contribution in [-0.2, 0) is 4.74 Å². The first-order valence-electron chi connectivity index (χ1n) is 7.42. The Kier molecular flexibility index (Phi) is 3.97. The third-order valence-corrected chi connectivity index (χ3v) is 5.20. The molecule has 2 aliphatic heterocycles. The second kappa shape index (κ2) is 5.61. The third-order valence-electron chi connectivity index (χ3n) is 4.60. The molecule has 1 N–H and O–H groups in total. The summed E-state index contributed by atoms with van der Waals surface area (Å²) in [5.74, 6) is 0.818. The van der Waals surface area contributed by atoms with Gasteiger partial charge in [0.1, 0.15) is 0 Å². The number of anilines is 1. The zero-order chi connectivity index (χ0) is 15.1. The molecule has 2 unspecified atom stereocenters.